The number of carbonyl (C=O) groups excluding carboxylic acids is 1. The molecular formula is C10H13BrN2OS. The number of hydrogen-bond donors (Lipinski definition) is 0. The maximum absolute atomic E-state index is 12.1. The number of carbonyl (C=O) groups is 1. The maximum Gasteiger partial charge on any atom is 0.265 e. The molecule has 0 aromatic carbocycles. The third-order valence-electron chi connectivity index (χ3n) is 2.41. The Bertz CT molecular complexity index is 362. The van der Waals surface area contributed by atoms with E-state index < -0.39 is 0 Å². The van der Waals surface area contributed by atoms with Crippen LogP contribution in [0.2, 0.25) is 0 Å². The number of amides is 1. The van der Waals surface area contributed by atoms with Gasteiger partial charge in [-0.15, -0.1) is 11.3 Å². The highest BCUT2D eigenvalue weighted by Gasteiger charge is 2.33. The van der Waals surface area contributed by atoms with E-state index in [4.69, 9.17) is 0 Å². The summed E-state index contributed by atoms with van der Waals surface area (Å²) < 4.78 is 0. The fourth-order valence-corrected chi connectivity index (χ4v) is 2.64. The standard InChI is InChI=1S/C10H13BrN2OS/c1-7-12-6-9(15-7)10(14)13(5-4-11)8-2-3-8/h6,8H,2-5H2,1H3. The van der Waals surface area contributed by atoms with Crippen LogP contribution in [-0.2, 0) is 0 Å². The van der Waals surface area contributed by atoms with Crippen LogP contribution in [0.5, 0.6) is 0 Å². The molecule has 0 atom stereocenters. The van der Waals surface area contributed by atoms with Crippen LogP contribution in [-0.4, -0.2) is 33.7 Å². The average molecular weight is 289 g/mol. The summed E-state index contributed by atoms with van der Waals surface area (Å²) in [5.74, 6) is 0.141. The maximum atomic E-state index is 12.1. The molecule has 1 aliphatic carbocycles. The zero-order chi connectivity index (χ0) is 10.8. The van der Waals surface area contributed by atoms with Crippen molar-refractivity contribution in [3.8, 4) is 0 Å². The Morgan fingerprint density at radius 2 is 2.47 bits per heavy atom. The molecule has 15 heavy (non-hydrogen) atoms. The first-order valence-electron chi connectivity index (χ1n) is 5.01. The zero-order valence-corrected chi connectivity index (χ0v) is 11.0. The van der Waals surface area contributed by atoms with E-state index in [1.54, 1.807) is 6.20 Å². The number of halogens is 1. The van der Waals surface area contributed by atoms with Crippen molar-refractivity contribution in [3.63, 3.8) is 0 Å². The van der Waals surface area contributed by atoms with Gasteiger partial charge in [-0.05, 0) is 19.8 Å². The molecule has 5 heteroatoms. The molecule has 1 saturated carbocycles. The second-order valence-electron chi connectivity index (χ2n) is 3.66. The molecule has 1 amide bonds. The summed E-state index contributed by atoms with van der Waals surface area (Å²) in [6, 6.07) is 0.470. The van der Waals surface area contributed by atoms with Gasteiger partial charge in [0, 0.05) is 17.9 Å². The zero-order valence-electron chi connectivity index (χ0n) is 8.57. The molecule has 0 radical (unpaired) electrons. The van der Waals surface area contributed by atoms with Crippen LogP contribution in [0, 0.1) is 6.92 Å². The smallest absolute Gasteiger partial charge is 0.265 e. The lowest BCUT2D eigenvalue weighted by Gasteiger charge is -2.20. The number of hydrogen-bond acceptors (Lipinski definition) is 3. The van der Waals surface area contributed by atoms with Crippen molar-refractivity contribution in [1.29, 1.82) is 0 Å². The van der Waals surface area contributed by atoms with Crippen LogP contribution in [0.15, 0.2) is 6.20 Å². The number of alkyl halides is 1. The van der Waals surface area contributed by atoms with Crippen molar-refractivity contribution in [2.45, 2.75) is 25.8 Å². The van der Waals surface area contributed by atoms with Gasteiger partial charge in [0.15, 0.2) is 0 Å². The first kappa shape index (κ1) is 11.1. The van der Waals surface area contributed by atoms with Crippen LogP contribution >= 0.6 is 27.3 Å². The second kappa shape index (κ2) is 4.61. The van der Waals surface area contributed by atoms with Crippen LogP contribution < -0.4 is 0 Å². The van der Waals surface area contributed by atoms with Crippen molar-refractivity contribution in [2.75, 3.05) is 11.9 Å². The van der Waals surface area contributed by atoms with Crippen molar-refractivity contribution in [2.24, 2.45) is 0 Å². The van der Waals surface area contributed by atoms with Crippen LogP contribution in [0.4, 0.5) is 0 Å². The number of rotatable bonds is 4. The van der Waals surface area contributed by atoms with E-state index in [1.807, 2.05) is 11.8 Å². The van der Waals surface area contributed by atoms with Crippen molar-refractivity contribution >= 4 is 33.2 Å². The summed E-state index contributed by atoms with van der Waals surface area (Å²) in [4.78, 5) is 18.9. The Balaban J connectivity index is 2.10. The monoisotopic (exact) mass is 288 g/mol. The molecule has 1 aromatic rings. The highest BCUT2D eigenvalue weighted by molar-refractivity contribution is 9.09. The molecule has 0 N–H and O–H groups in total. The topological polar surface area (TPSA) is 33.2 Å². The van der Waals surface area contributed by atoms with Crippen LogP contribution in [0.25, 0.3) is 0 Å². The molecular weight excluding hydrogens is 276 g/mol. The fraction of sp³-hybridized carbons (Fsp3) is 0.600. The first-order chi connectivity index (χ1) is 7.22. The van der Waals surface area contributed by atoms with Gasteiger partial charge in [-0.3, -0.25) is 4.79 Å². The van der Waals surface area contributed by atoms with Gasteiger partial charge in [-0.1, -0.05) is 15.9 Å². The van der Waals surface area contributed by atoms with Crippen molar-refractivity contribution < 1.29 is 4.79 Å². The number of aryl methyl sites for hydroxylation is 1. The number of thiazole rings is 1. The summed E-state index contributed by atoms with van der Waals surface area (Å²) in [5, 5.41) is 1.79. The molecule has 3 nitrogen and oxygen atoms in total. The molecule has 1 fully saturated rings. The van der Waals surface area contributed by atoms with Gasteiger partial charge >= 0.3 is 0 Å². The van der Waals surface area contributed by atoms with E-state index in [0.29, 0.717) is 6.04 Å². The van der Waals surface area contributed by atoms with E-state index in [1.165, 1.54) is 11.3 Å². The van der Waals surface area contributed by atoms with E-state index in [9.17, 15) is 4.79 Å². The summed E-state index contributed by atoms with van der Waals surface area (Å²) in [6.07, 6.45) is 3.99. The third-order valence-corrected chi connectivity index (χ3v) is 3.66. The molecule has 82 valence electrons. The largest absolute Gasteiger partial charge is 0.334 e. The molecule has 2 rings (SSSR count). The van der Waals surface area contributed by atoms with Crippen LogP contribution in [0.1, 0.15) is 27.5 Å². The Morgan fingerprint density at radius 3 is 2.93 bits per heavy atom. The quantitative estimate of drug-likeness (QED) is 0.798. The molecule has 0 spiro atoms. The molecule has 1 heterocycles. The van der Waals surface area contributed by atoms with Crippen molar-refractivity contribution in [3.05, 3.63) is 16.1 Å². The fourth-order valence-electron chi connectivity index (χ4n) is 1.53. The van der Waals surface area contributed by atoms with Gasteiger partial charge in [-0.2, -0.15) is 0 Å². The molecule has 0 saturated heterocycles. The highest BCUT2D eigenvalue weighted by atomic mass is 79.9. The second-order valence-corrected chi connectivity index (χ2v) is 5.69. The summed E-state index contributed by atoms with van der Waals surface area (Å²) in [5.41, 5.74) is 0. The van der Waals surface area contributed by atoms with E-state index >= 15 is 0 Å². The Kier molecular flexibility index (Phi) is 3.41. The SMILES string of the molecule is Cc1ncc(C(=O)N(CCBr)C2CC2)s1. The van der Waals surface area contributed by atoms with E-state index in [2.05, 4.69) is 20.9 Å². The van der Waals surface area contributed by atoms with Gasteiger partial charge < -0.3 is 4.90 Å². The average Bonchev–Trinajstić information content (AvgIpc) is 2.96. The minimum Gasteiger partial charge on any atom is -0.334 e. The van der Waals surface area contributed by atoms with Gasteiger partial charge in [0.1, 0.15) is 4.88 Å². The van der Waals surface area contributed by atoms with Gasteiger partial charge in [-0.25, -0.2) is 4.98 Å². The predicted molar refractivity (Wildman–Crippen MR) is 64.7 cm³/mol. The molecule has 1 aromatic heterocycles. The molecule has 0 unspecified atom stereocenters. The lowest BCUT2D eigenvalue weighted by atomic mass is 10.4. The van der Waals surface area contributed by atoms with E-state index in [0.717, 1.165) is 34.6 Å². The van der Waals surface area contributed by atoms with Gasteiger partial charge in [0.25, 0.3) is 5.91 Å². The molecule has 0 bridgehead atoms. The lowest BCUT2D eigenvalue weighted by Crippen LogP contribution is -2.34. The Hall–Kier alpha value is -0.420. The summed E-state index contributed by atoms with van der Waals surface area (Å²) in [7, 11) is 0. The van der Waals surface area contributed by atoms with E-state index in [-0.39, 0.29) is 5.91 Å². The molecule has 1 aliphatic rings. The van der Waals surface area contributed by atoms with Gasteiger partial charge in [0.05, 0.1) is 11.2 Å². The third kappa shape index (κ3) is 2.58. The minimum atomic E-state index is 0.141. The molecule has 0 aliphatic heterocycles. The normalized spacial score (nSPS) is 15.3. The van der Waals surface area contributed by atoms with Gasteiger partial charge in [0.2, 0.25) is 0 Å². The Morgan fingerprint density at radius 1 is 1.73 bits per heavy atom. The lowest BCUT2D eigenvalue weighted by molar-refractivity contribution is 0.0759. The Labute approximate surface area is 102 Å². The summed E-state index contributed by atoms with van der Waals surface area (Å²) >= 11 is 4.86. The van der Waals surface area contributed by atoms with Crippen LogP contribution in [0.3, 0.4) is 0 Å². The minimum absolute atomic E-state index is 0.141. The number of nitrogens with zero attached hydrogens (tertiary/aromatic N) is 2. The first-order valence-corrected chi connectivity index (χ1v) is 6.95. The predicted octanol–water partition coefficient (Wildman–Crippen LogP) is 2.45. The number of aromatic nitrogens is 1. The highest BCUT2D eigenvalue weighted by Crippen LogP contribution is 2.29. The van der Waals surface area contributed by atoms with Crippen molar-refractivity contribution in [1.82, 2.24) is 9.88 Å². The summed E-state index contributed by atoms with van der Waals surface area (Å²) in [6.45, 7) is 2.72.